The van der Waals surface area contributed by atoms with E-state index < -0.39 is 0 Å². The van der Waals surface area contributed by atoms with Gasteiger partial charge in [-0.05, 0) is 61.9 Å². The van der Waals surface area contributed by atoms with Gasteiger partial charge in [-0.1, -0.05) is 47.1 Å². The van der Waals surface area contributed by atoms with Gasteiger partial charge in [0.1, 0.15) is 5.69 Å². The number of carbonyl (C=O) groups is 1. The SMILES string of the molecule is Cc1ccc(-n2c(SCC(=O)Nc3ccc(Cl)cc3C)nnc2-c2ccccn2)cc1. The molecule has 0 spiro atoms. The predicted octanol–water partition coefficient (Wildman–Crippen LogP) is 5.33. The third kappa shape index (κ3) is 4.95. The van der Waals surface area contributed by atoms with E-state index in [2.05, 4.69) is 20.5 Å². The number of rotatable bonds is 6. The Kier molecular flexibility index (Phi) is 6.34. The molecule has 0 aliphatic rings. The summed E-state index contributed by atoms with van der Waals surface area (Å²) in [6.45, 7) is 3.94. The van der Waals surface area contributed by atoms with E-state index >= 15 is 0 Å². The minimum atomic E-state index is -0.131. The molecule has 0 aliphatic heterocycles. The molecule has 0 unspecified atom stereocenters. The number of benzene rings is 2. The number of anilines is 1. The third-order valence-corrected chi connectivity index (χ3v) is 5.78. The van der Waals surface area contributed by atoms with E-state index in [-0.39, 0.29) is 11.7 Å². The Morgan fingerprint density at radius 2 is 1.87 bits per heavy atom. The molecule has 4 rings (SSSR count). The number of halogens is 1. The molecule has 0 bridgehead atoms. The number of amides is 1. The zero-order valence-electron chi connectivity index (χ0n) is 17.0. The van der Waals surface area contributed by atoms with Crippen LogP contribution in [0.5, 0.6) is 0 Å². The van der Waals surface area contributed by atoms with Crippen molar-refractivity contribution in [2.75, 3.05) is 11.1 Å². The fraction of sp³-hybridized carbons (Fsp3) is 0.130. The number of pyridine rings is 1. The molecule has 31 heavy (non-hydrogen) atoms. The molecule has 0 radical (unpaired) electrons. The Morgan fingerprint density at radius 1 is 1.06 bits per heavy atom. The molecule has 6 nitrogen and oxygen atoms in total. The maximum Gasteiger partial charge on any atom is 0.234 e. The number of nitrogens with zero attached hydrogens (tertiary/aromatic N) is 4. The third-order valence-electron chi connectivity index (χ3n) is 4.61. The van der Waals surface area contributed by atoms with E-state index in [1.807, 2.05) is 66.9 Å². The number of carbonyl (C=O) groups excluding carboxylic acids is 1. The summed E-state index contributed by atoms with van der Waals surface area (Å²) in [5, 5.41) is 12.9. The van der Waals surface area contributed by atoms with Crippen molar-refractivity contribution in [1.82, 2.24) is 19.7 Å². The maximum atomic E-state index is 12.6. The molecule has 2 aromatic heterocycles. The summed E-state index contributed by atoms with van der Waals surface area (Å²) < 4.78 is 1.92. The molecule has 0 saturated heterocycles. The zero-order valence-corrected chi connectivity index (χ0v) is 18.6. The number of nitrogens with one attached hydrogen (secondary N) is 1. The first-order chi connectivity index (χ1) is 15.0. The molecule has 0 aliphatic carbocycles. The lowest BCUT2D eigenvalue weighted by Gasteiger charge is -2.11. The van der Waals surface area contributed by atoms with Crippen LogP contribution in [0.2, 0.25) is 5.02 Å². The van der Waals surface area contributed by atoms with Gasteiger partial charge in [0.25, 0.3) is 0 Å². The number of hydrogen-bond acceptors (Lipinski definition) is 5. The van der Waals surface area contributed by atoms with Crippen molar-refractivity contribution in [2.24, 2.45) is 0 Å². The number of aryl methyl sites for hydroxylation is 2. The number of aromatic nitrogens is 4. The average Bonchev–Trinajstić information content (AvgIpc) is 3.19. The molecular formula is C23H20ClN5OS. The molecule has 2 aromatic carbocycles. The molecule has 0 atom stereocenters. The summed E-state index contributed by atoms with van der Waals surface area (Å²) >= 11 is 7.31. The topological polar surface area (TPSA) is 72.7 Å². The molecule has 8 heteroatoms. The van der Waals surface area contributed by atoms with Crippen LogP contribution in [-0.2, 0) is 4.79 Å². The first kappa shape index (κ1) is 21.1. The summed E-state index contributed by atoms with van der Waals surface area (Å²) in [5.74, 6) is 0.683. The van der Waals surface area contributed by atoms with Crippen molar-refractivity contribution < 1.29 is 4.79 Å². The Morgan fingerprint density at radius 3 is 2.58 bits per heavy atom. The van der Waals surface area contributed by atoms with Crippen LogP contribution in [0.4, 0.5) is 5.69 Å². The molecule has 4 aromatic rings. The lowest BCUT2D eigenvalue weighted by Crippen LogP contribution is -2.15. The van der Waals surface area contributed by atoms with Crippen LogP contribution >= 0.6 is 23.4 Å². The highest BCUT2D eigenvalue weighted by Gasteiger charge is 2.18. The predicted molar refractivity (Wildman–Crippen MR) is 125 cm³/mol. The van der Waals surface area contributed by atoms with E-state index in [4.69, 9.17) is 11.6 Å². The smallest absolute Gasteiger partial charge is 0.234 e. The second-order valence-electron chi connectivity index (χ2n) is 6.99. The fourth-order valence-corrected chi connectivity index (χ4v) is 4.01. The molecular weight excluding hydrogens is 430 g/mol. The highest BCUT2D eigenvalue weighted by Crippen LogP contribution is 2.27. The molecule has 1 N–H and O–H groups in total. The van der Waals surface area contributed by atoms with Crippen molar-refractivity contribution in [3.05, 3.63) is 83.0 Å². The summed E-state index contributed by atoms with van der Waals surface area (Å²) in [5.41, 5.74) is 4.43. The minimum Gasteiger partial charge on any atom is -0.325 e. The molecule has 2 heterocycles. The van der Waals surface area contributed by atoms with Gasteiger partial charge in [0.05, 0.1) is 5.75 Å². The van der Waals surface area contributed by atoms with Gasteiger partial charge in [-0.2, -0.15) is 0 Å². The van der Waals surface area contributed by atoms with Gasteiger partial charge in [-0.25, -0.2) is 0 Å². The van der Waals surface area contributed by atoms with Crippen LogP contribution in [-0.4, -0.2) is 31.4 Å². The molecule has 1 amide bonds. The summed E-state index contributed by atoms with van der Waals surface area (Å²) in [6, 6.07) is 19.1. The van der Waals surface area contributed by atoms with Crippen molar-refractivity contribution >= 4 is 35.0 Å². The maximum absolute atomic E-state index is 12.6. The highest BCUT2D eigenvalue weighted by molar-refractivity contribution is 7.99. The first-order valence-corrected chi connectivity index (χ1v) is 11.0. The van der Waals surface area contributed by atoms with Gasteiger partial charge >= 0.3 is 0 Å². The van der Waals surface area contributed by atoms with E-state index in [1.54, 1.807) is 18.3 Å². The first-order valence-electron chi connectivity index (χ1n) is 9.64. The van der Waals surface area contributed by atoms with Crippen LogP contribution in [0, 0.1) is 13.8 Å². The quantitative estimate of drug-likeness (QED) is 0.403. The monoisotopic (exact) mass is 449 g/mol. The van der Waals surface area contributed by atoms with E-state index in [0.29, 0.717) is 21.7 Å². The van der Waals surface area contributed by atoms with E-state index in [1.165, 1.54) is 11.8 Å². The van der Waals surface area contributed by atoms with Gasteiger partial charge in [0.2, 0.25) is 5.91 Å². The molecule has 0 saturated carbocycles. The van der Waals surface area contributed by atoms with Crippen molar-refractivity contribution in [1.29, 1.82) is 0 Å². The summed E-state index contributed by atoms with van der Waals surface area (Å²) in [6.07, 6.45) is 1.72. The van der Waals surface area contributed by atoms with Crippen LogP contribution in [0.25, 0.3) is 17.2 Å². The van der Waals surface area contributed by atoms with E-state index in [9.17, 15) is 4.79 Å². The Bertz CT molecular complexity index is 1210. The normalized spacial score (nSPS) is 10.8. The lowest BCUT2D eigenvalue weighted by molar-refractivity contribution is -0.113. The minimum absolute atomic E-state index is 0.131. The largest absolute Gasteiger partial charge is 0.325 e. The van der Waals surface area contributed by atoms with E-state index in [0.717, 1.165) is 22.5 Å². The average molecular weight is 450 g/mol. The fourth-order valence-electron chi connectivity index (χ4n) is 3.03. The second-order valence-corrected chi connectivity index (χ2v) is 8.37. The molecule has 0 fully saturated rings. The lowest BCUT2D eigenvalue weighted by atomic mass is 10.2. The Labute approximate surface area is 189 Å². The standard InChI is InChI=1S/C23H20ClN5OS/c1-15-6-9-18(10-7-15)29-22(20-5-3-4-12-25-20)27-28-23(29)31-14-21(30)26-19-11-8-17(24)13-16(19)2/h3-13H,14H2,1-2H3,(H,26,30). The van der Waals surface area contributed by atoms with Crippen LogP contribution in [0.15, 0.2) is 72.0 Å². The van der Waals surface area contributed by atoms with Crippen molar-refractivity contribution in [3.8, 4) is 17.2 Å². The number of hydrogen-bond donors (Lipinski definition) is 1. The van der Waals surface area contributed by atoms with Gasteiger partial charge in [-0.3, -0.25) is 14.3 Å². The van der Waals surface area contributed by atoms with Gasteiger partial charge in [-0.15, -0.1) is 10.2 Å². The van der Waals surface area contributed by atoms with Gasteiger partial charge < -0.3 is 5.32 Å². The molecule has 156 valence electrons. The Balaban J connectivity index is 1.58. The summed E-state index contributed by atoms with van der Waals surface area (Å²) in [4.78, 5) is 17.0. The zero-order chi connectivity index (χ0) is 21.8. The van der Waals surface area contributed by atoms with Crippen LogP contribution in [0.1, 0.15) is 11.1 Å². The van der Waals surface area contributed by atoms with Gasteiger partial charge in [0, 0.05) is 22.6 Å². The van der Waals surface area contributed by atoms with Crippen LogP contribution in [0.3, 0.4) is 0 Å². The number of thioether (sulfide) groups is 1. The van der Waals surface area contributed by atoms with Gasteiger partial charge in [0.15, 0.2) is 11.0 Å². The summed E-state index contributed by atoms with van der Waals surface area (Å²) in [7, 11) is 0. The highest BCUT2D eigenvalue weighted by atomic mass is 35.5. The van der Waals surface area contributed by atoms with Crippen molar-refractivity contribution in [3.63, 3.8) is 0 Å². The second kappa shape index (κ2) is 9.32. The Hall–Kier alpha value is -3.16. The van der Waals surface area contributed by atoms with Crippen molar-refractivity contribution in [2.45, 2.75) is 19.0 Å². The van der Waals surface area contributed by atoms with Crippen LogP contribution < -0.4 is 5.32 Å².